The van der Waals surface area contributed by atoms with E-state index in [2.05, 4.69) is 9.84 Å². The number of esters is 1. The fourth-order valence-corrected chi connectivity index (χ4v) is 1.28. The Balaban J connectivity index is 2.66. The second-order valence-electron chi connectivity index (χ2n) is 3.11. The maximum absolute atomic E-state index is 11.2. The molecule has 1 unspecified atom stereocenters. The van der Waals surface area contributed by atoms with Crippen molar-refractivity contribution in [2.75, 3.05) is 13.7 Å². The van der Waals surface area contributed by atoms with Gasteiger partial charge in [0.1, 0.15) is 0 Å². The highest BCUT2D eigenvalue weighted by molar-refractivity contribution is 5.72. The third-order valence-electron chi connectivity index (χ3n) is 2.20. The SMILES string of the molecule is COC(=O)C(CN)Cc1ccnn1C. The lowest BCUT2D eigenvalue weighted by Crippen LogP contribution is -2.27. The van der Waals surface area contributed by atoms with E-state index in [1.54, 1.807) is 10.9 Å². The maximum atomic E-state index is 11.2. The molecule has 0 saturated carbocycles. The Kier molecular flexibility index (Phi) is 3.64. The molecule has 2 N–H and O–H groups in total. The molecule has 1 aromatic rings. The van der Waals surface area contributed by atoms with Crippen LogP contribution in [-0.4, -0.2) is 29.4 Å². The van der Waals surface area contributed by atoms with E-state index in [-0.39, 0.29) is 18.4 Å². The van der Waals surface area contributed by atoms with Crippen LogP contribution in [0, 0.1) is 5.92 Å². The van der Waals surface area contributed by atoms with Crippen molar-refractivity contribution in [1.82, 2.24) is 9.78 Å². The molecule has 5 nitrogen and oxygen atoms in total. The summed E-state index contributed by atoms with van der Waals surface area (Å²) in [6.07, 6.45) is 2.26. The minimum absolute atomic E-state index is 0.270. The predicted molar refractivity (Wildman–Crippen MR) is 51.5 cm³/mol. The Morgan fingerprint density at radius 2 is 2.50 bits per heavy atom. The van der Waals surface area contributed by atoms with Gasteiger partial charge >= 0.3 is 5.97 Å². The van der Waals surface area contributed by atoms with E-state index in [0.29, 0.717) is 6.42 Å². The second kappa shape index (κ2) is 4.76. The van der Waals surface area contributed by atoms with Gasteiger partial charge in [0.2, 0.25) is 0 Å². The molecule has 5 heteroatoms. The maximum Gasteiger partial charge on any atom is 0.310 e. The molecular formula is C9H15N3O2. The van der Waals surface area contributed by atoms with Crippen LogP contribution in [0.3, 0.4) is 0 Å². The molecule has 78 valence electrons. The molecule has 0 aliphatic heterocycles. The molecular weight excluding hydrogens is 182 g/mol. The van der Waals surface area contributed by atoms with Crippen LogP contribution in [0.1, 0.15) is 5.69 Å². The summed E-state index contributed by atoms with van der Waals surface area (Å²) in [5, 5.41) is 4.01. The molecule has 0 aromatic carbocycles. The topological polar surface area (TPSA) is 70.1 Å². The number of nitrogens with zero attached hydrogens (tertiary/aromatic N) is 2. The first-order valence-corrected chi connectivity index (χ1v) is 4.43. The first-order valence-electron chi connectivity index (χ1n) is 4.43. The Hall–Kier alpha value is -1.36. The zero-order valence-electron chi connectivity index (χ0n) is 8.43. The van der Waals surface area contributed by atoms with Crippen molar-refractivity contribution in [2.24, 2.45) is 18.7 Å². The van der Waals surface area contributed by atoms with Crippen LogP contribution in [0.2, 0.25) is 0 Å². The summed E-state index contributed by atoms with van der Waals surface area (Å²) >= 11 is 0. The molecule has 0 aliphatic carbocycles. The van der Waals surface area contributed by atoms with Crippen LogP contribution in [0.15, 0.2) is 12.3 Å². The average Bonchev–Trinajstić information content (AvgIpc) is 2.59. The zero-order chi connectivity index (χ0) is 10.6. The van der Waals surface area contributed by atoms with E-state index < -0.39 is 0 Å². The normalized spacial score (nSPS) is 12.5. The molecule has 0 radical (unpaired) electrons. The summed E-state index contributed by atoms with van der Waals surface area (Å²) in [4.78, 5) is 11.2. The van der Waals surface area contributed by atoms with Gasteiger partial charge in [0.15, 0.2) is 0 Å². The quantitative estimate of drug-likeness (QED) is 0.673. The largest absolute Gasteiger partial charge is 0.469 e. The highest BCUT2D eigenvalue weighted by Crippen LogP contribution is 2.08. The van der Waals surface area contributed by atoms with Crippen molar-refractivity contribution in [1.29, 1.82) is 0 Å². The van der Waals surface area contributed by atoms with Crippen molar-refractivity contribution in [2.45, 2.75) is 6.42 Å². The molecule has 0 amide bonds. The number of carbonyl (C=O) groups excluding carboxylic acids is 1. The predicted octanol–water partition coefficient (Wildman–Crippen LogP) is -0.290. The van der Waals surface area contributed by atoms with Crippen molar-refractivity contribution in [3.63, 3.8) is 0 Å². The smallest absolute Gasteiger partial charge is 0.310 e. The van der Waals surface area contributed by atoms with Gasteiger partial charge in [-0.15, -0.1) is 0 Å². The van der Waals surface area contributed by atoms with Crippen LogP contribution in [0.5, 0.6) is 0 Å². The number of aryl methyl sites for hydroxylation is 1. The van der Waals surface area contributed by atoms with Gasteiger partial charge in [0, 0.05) is 31.9 Å². The Labute approximate surface area is 82.8 Å². The summed E-state index contributed by atoms with van der Waals surface area (Å²) in [6.45, 7) is 0.290. The Morgan fingerprint density at radius 1 is 1.79 bits per heavy atom. The first-order chi connectivity index (χ1) is 6.69. The number of ether oxygens (including phenoxy) is 1. The number of hydrogen-bond acceptors (Lipinski definition) is 4. The highest BCUT2D eigenvalue weighted by Gasteiger charge is 2.18. The lowest BCUT2D eigenvalue weighted by atomic mass is 10.0. The van der Waals surface area contributed by atoms with E-state index in [0.717, 1.165) is 5.69 Å². The Bertz CT molecular complexity index is 309. The van der Waals surface area contributed by atoms with E-state index in [4.69, 9.17) is 5.73 Å². The van der Waals surface area contributed by atoms with Gasteiger partial charge in [-0.3, -0.25) is 9.48 Å². The van der Waals surface area contributed by atoms with Gasteiger partial charge in [-0.25, -0.2) is 0 Å². The number of nitrogens with two attached hydrogens (primary N) is 1. The van der Waals surface area contributed by atoms with Gasteiger partial charge in [-0.05, 0) is 6.07 Å². The van der Waals surface area contributed by atoms with Crippen LogP contribution in [0.25, 0.3) is 0 Å². The van der Waals surface area contributed by atoms with E-state index in [1.807, 2.05) is 13.1 Å². The molecule has 14 heavy (non-hydrogen) atoms. The highest BCUT2D eigenvalue weighted by atomic mass is 16.5. The minimum atomic E-state index is -0.282. The molecule has 0 fully saturated rings. The van der Waals surface area contributed by atoms with Crippen molar-refractivity contribution < 1.29 is 9.53 Å². The van der Waals surface area contributed by atoms with Crippen molar-refractivity contribution in [3.05, 3.63) is 18.0 Å². The molecule has 1 rings (SSSR count). The summed E-state index contributed by atoms with van der Waals surface area (Å²) in [5.74, 6) is -0.552. The third kappa shape index (κ3) is 2.32. The van der Waals surface area contributed by atoms with Crippen LogP contribution >= 0.6 is 0 Å². The van der Waals surface area contributed by atoms with E-state index >= 15 is 0 Å². The number of hydrogen-bond donors (Lipinski definition) is 1. The minimum Gasteiger partial charge on any atom is -0.469 e. The van der Waals surface area contributed by atoms with Gasteiger partial charge in [-0.2, -0.15) is 5.10 Å². The number of rotatable bonds is 4. The van der Waals surface area contributed by atoms with Gasteiger partial charge in [0.25, 0.3) is 0 Å². The molecule has 0 saturated heterocycles. The number of carbonyl (C=O) groups is 1. The fraction of sp³-hybridized carbons (Fsp3) is 0.556. The average molecular weight is 197 g/mol. The van der Waals surface area contributed by atoms with Gasteiger partial charge in [-0.1, -0.05) is 0 Å². The van der Waals surface area contributed by atoms with E-state index in [9.17, 15) is 4.79 Å². The molecule has 1 atom stereocenters. The number of methoxy groups -OCH3 is 1. The van der Waals surface area contributed by atoms with E-state index in [1.165, 1.54) is 7.11 Å². The van der Waals surface area contributed by atoms with Crippen LogP contribution in [0.4, 0.5) is 0 Å². The third-order valence-corrected chi connectivity index (χ3v) is 2.20. The van der Waals surface area contributed by atoms with Gasteiger partial charge < -0.3 is 10.5 Å². The molecule has 0 aliphatic rings. The van der Waals surface area contributed by atoms with Crippen LogP contribution < -0.4 is 5.73 Å². The second-order valence-corrected chi connectivity index (χ2v) is 3.11. The molecule has 1 heterocycles. The molecule has 0 bridgehead atoms. The molecule has 1 aromatic heterocycles. The standard InChI is InChI=1S/C9H15N3O2/c1-12-8(3-4-11-12)5-7(6-10)9(13)14-2/h3-4,7H,5-6,10H2,1-2H3. The van der Waals surface area contributed by atoms with Crippen LogP contribution in [-0.2, 0) is 23.0 Å². The summed E-state index contributed by atoms with van der Waals surface area (Å²) in [6, 6.07) is 1.87. The monoisotopic (exact) mass is 197 g/mol. The summed E-state index contributed by atoms with van der Waals surface area (Å²) in [5.41, 5.74) is 6.46. The summed E-state index contributed by atoms with van der Waals surface area (Å²) < 4.78 is 6.37. The lowest BCUT2D eigenvalue weighted by Gasteiger charge is -2.11. The Morgan fingerprint density at radius 3 is 2.93 bits per heavy atom. The zero-order valence-corrected chi connectivity index (χ0v) is 8.43. The molecule has 0 spiro atoms. The van der Waals surface area contributed by atoms with Crippen molar-refractivity contribution in [3.8, 4) is 0 Å². The van der Waals surface area contributed by atoms with Gasteiger partial charge in [0.05, 0.1) is 13.0 Å². The van der Waals surface area contributed by atoms with Crippen molar-refractivity contribution >= 4 is 5.97 Å². The lowest BCUT2D eigenvalue weighted by molar-refractivity contribution is -0.145. The summed E-state index contributed by atoms with van der Waals surface area (Å²) in [7, 11) is 3.20. The first kappa shape index (κ1) is 10.7. The fourth-order valence-electron chi connectivity index (χ4n) is 1.28. The number of aromatic nitrogens is 2.